The van der Waals surface area contributed by atoms with Gasteiger partial charge in [-0.3, -0.25) is 9.59 Å². The van der Waals surface area contributed by atoms with Crippen molar-refractivity contribution < 1.29 is 41.8 Å². The van der Waals surface area contributed by atoms with Crippen molar-refractivity contribution in [2.45, 2.75) is 38.8 Å². The van der Waals surface area contributed by atoms with E-state index in [0.717, 1.165) is 12.1 Å². The number of rotatable bonds is 6. The van der Waals surface area contributed by atoms with E-state index in [-0.39, 0.29) is 46.1 Å². The number of carbonyl (C=O) groups is 3. The maximum atomic E-state index is 13.3. The Balaban J connectivity index is 1.64. The van der Waals surface area contributed by atoms with Gasteiger partial charge < -0.3 is 25.3 Å². The Kier molecular flexibility index (Phi) is 7.45. The molecule has 39 heavy (non-hydrogen) atoms. The predicted molar refractivity (Wildman–Crippen MR) is 134 cm³/mol. The van der Waals surface area contributed by atoms with Gasteiger partial charge in [0.15, 0.2) is 12.4 Å². The van der Waals surface area contributed by atoms with Crippen molar-refractivity contribution in [3.63, 3.8) is 0 Å². The number of Topliss-reactive ketones (excluding diaryl/α,β-unsaturated/α-hetero) is 1. The first-order valence-electron chi connectivity index (χ1n) is 12.0. The maximum Gasteiger partial charge on any atom is 0.416 e. The molecule has 0 fully saturated rings. The zero-order valence-corrected chi connectivity index (χ0v) is 21.5. The van der Waals surface area contributed by atoms with Gasteiger partial charge in [-0.2, -0.15) is 13.2 Å². The van der Waals surface area contributed by atoms with Crippen LogP contribution in [0.3, 0.4) is 0 Å². The van der Waals surface area contributed by atoms with Gasteiger partial charge in [0.25, 0.3) is 5.91 Å². The van der Waals surface area contributed by atoms with Gasteiger partial charge in [-0.05, 0) is 29.7 Å². The van der Waals surface area contributed by atoms with Gasteiger partial charge in [0.2, 0.25) is 5.88 Å². The molecule has 2 aliphatic rings. The summed E-state index contributed by atoms with van der Waals surface area (Å²) < 4.78 is 55.5. The number of benzene rings is 2. The highest BCUT2D eigenvalue weighted by Gasteiger charge is 2.45. The molecule has 2 aromatic carbocycles. The third-order valence-corrected chi connectivity index (χ3v) is 6.42. The molecule has 1 unspecified atom stereocenters. The summed E-state index contributed by atoms with van der Waals surface area (Å²) in [5, 5.41) is 2.38. The number of ether oxygens (including phenoxy) is 3. The van der Waals surface area contributed by atoms with E-state index >= 15 is 0 Å². The molecule has 1 aliphatic carbocycles. The highest BCUT2D eigenvalue weighted by molar-refractivity contribution is 6.03. The summed E-state index contributed by atoms with van der Waals surface area (Å²) in [6.45, 7) is 3.28. The average Bonchev–Trinajstić information content (AvgIpc) is 2.85. The van der Waals surface area contributed by atoms with Gasteiger partial charge >= 0.3 is 12.1 Å². The van der Waals surface area contributed by atoms with E-state index < -0.39 is 36.1 Å². The van der Waals surface area contributed by atoms with E-state index in [4.69, 9.17) is 19.9 Å². The van der Waals surface area contributed by atoms with Crippen LogP contribution in [0.1, 0.15) is 43.7 Å². The highest BCUT2D eigenvalue weighted by Crippen LogP contribution is 2.49. The molecule has 1 amide bonds. The van der Waals surface area contributed by atoms with Gasteiger partial charge in [-0.1, -0.05) is 38.1 Å². The molecule has 0 aromatic heterocycles. The number of esters is 1. The molecule has 1 aliphatic heterocycles. The lowest BCUT2D eigenvalue weighted by Gasteiger charge is -2.38. The number of nitrogens with two attached hydrogens (primary N) is 1. The van der Waals surface area contributed by atoms with E-state index in [0.29, 0.717) is 17.7 Å². The molecular formula is C28H27F3N2O6. The zero-order valence-electron chi connectivity index (χ0n) is 21.5. The summed E-state index contributed by atoms with van der Waals surface area (Å²) in [7, 11) is 1.18. The second-order valence-electron chi connectivity index (χ2n) is 10.0. The number of methoxy groups -OCH3 is 1. The predicted octanol–water partition coefficient (Wildman–Crippen LogP) is 4.82. The Morgan fingerprint density at radius 3 is 2.54 bits per heavy atom. The minimum absolute atomic E-state index is 0.0509. The fraction of sp³-hybridized carbons (Fsp3) is 0.321. The Morgan fingerprint density at radius 1 is 1.13 bits per heavy atom. The minimum Gasteiger partial charge on any atom is -0.483 e. The number of amides is 1. The molecule has 0 spiro atoms. The summed E-state index contributed by atoms with van der Waals surface area (Å²) >= 11 is 0. The summed E-state index contributed by atoms with van der Waals surface area (Å²) in [4.78, 5) is 38.7. The molecule has 0 bridgehead atoms. The molecule has 1 heterocycles. The van der Waals surface area contributed by atoms with Gasteiger partial charge in [-0.25, -0.2) is 4.79 Å². The number of carbonyl (C=O) groups excluding carboxylic acids is 3. The van der Waals surface area contributed by atoms with Gasteiger partial charge in [0.05, 0.1) is 18.6 Å². The Morgan fingerprint density at radius 2 is 1.85 bits per heavy atom. The van der Waals surface area contributed by atoms with Crippen molar-refractivity contribution in [3.05, 3.63) is 82.4 Å². The third-order valence-electron chi connectivity index (χ3n) is 6.42. The molecule has 0 radical (unpaired) electrons. The van der Waals surface area contributed by atoms with Crippen molar-refractivity contribution in [3.8, 4) is 5.75 Å². The summed E-state index contributed by atoms with van der Waals surface area (Å²) in [5.74, 6) is -2.39. The molecule has 1 atom stereocenters. The van der Waals surface area contributed by atoms with Crippen LogP contribution in [0.5, 0.6) is 5.75 Å². The maximum absolute atomic E-state index is 13.3. The quantitative estimate of drug-likeness (QED) is 0.501. The van der Waals surface area contributed by atoms with E-state index in [1.54, 1.807) is 24.3 Å². The number of halogens is 3. The van der Waals surface area contributed by atoms with E-state index in [2.05, 4.69) is 5.32 Å². The van der Waals surface area contributed by atoms with Crippen LogP contribution in [-0.2, 0) is 30.0 Å². The minimum atomic E-state index is -4.56. The van der Waals surface area contributed by atoms with Crippen LogP contribution < -0.4 is 15.8 Å². The largest absolute Gasteiger partial charge is 0.483 e. The first kappa shape index (κ1) is 27.7. The van der Waals surface area contributed by atoms with Crippen LogP contribution in [0.4, 0.5) is 18.9 Å². The molecule has 206 valence electrons. The fourth-order valence-electron chi connectivity index (χ4n) is 4.77. The molecule has 8 nitrogen and oxygen atoms in total. The standard InChI is InChI=1S/C28H27F3N2O6/c1-27(2)12-18(34)23-20(13-27)39-25(32)24(26(36)37-3)22(23)17-9-4-5-10-19(17)38-14-21(35)33-16-8-6-7-15(11-16)28(29,30)31/h4-11,22H,12-14,32H2,1-3H3,(H,33,35). The van der Waals surface area contributed by atoms with Crippen molar-refractivity contribution in [2.75, 3.05) is 19.0 Å². The number of hydrogen-bond donors (Lipinski definition) is 2. The lowest BCUT2D eigenvalue weighted by atomic mass is 9.70. The zero-order chi connectivity index (χ0) is 28.5. The molecule has 2 aromatic rings. The Hall–Kier alpha value is -4.28. The number of ketones is 1. The van der Waals surface area contributed by atoms with Crippen LogP contribution in [0, 0.1) is 5.41 Å². The van der Waals surface area contributed by atoms with Crippen LogP contribution >= 0.6 is 0 Å². The highest BCUT2D eigenvalue weighted by atomic mass is 19.4. The monoisotopic (exact) mass is 544 g/mol. The number of allylic oxidation sites excluding steroid dienone is 2. The number of nitrogens with one attached hydrogen (secondary N) is 1. The molecular weight excluding hydrogens is 517 g/mol. The Bertz CT molecular complexity index is 1390. The summed E-state index contributed by atoms with van der Waals surface area (Å²) in [6.07, 6.45) is -3.95. The van der Waals surface area contributed by atoms with Gasteiger partial charge in [-0.15, -0.1) is 0 Å². The summed E-state index contributed by atoms with van der Waals surface area (Å²) in [5.41, 5.74) is 5.36. The van der Waals surface area contributed by atoms with E-state index in [1.165, 1.54) is 19.2 Å². The molecule has 0 saturated heterocycles. The van der Waals surface area contributed by atoms with Crippen LogP contribution in [0.25, 0.3) is 0 Å². The Labute approximate surface area is 222 Å². The van der Waals surface area contributed by atoms with Crippen LogP contribution in [0.2, 0.25) is 0 Å². The lowest BCUT2D eigenvalue weighted by Crippen LogP contribution is -2.35. The number of anilines is 1. The van der Waals surface area contributed by atoms with Crippen molar-refractivity contribution in [1.82, 2.24) is 0 Å². The van der Waals surface area contributed by atoms with E-state index in [1.807, 2.05) is 13.8 Å². The third kappa shape index (κ3) is 5.92. The van der Waals surface area contributed by atoms with Gasteiger partial charge in [0.1, 0.15) is 17.1 Å². The first-order valence-corrected chi connectivity index (χ1v) is 12.0. The lowest BCUT2D eigenvalue weighted by molar-refractivity contribution is -0.138. The van der Waals surface area contributed by atoms with Crippen LogP contribution in [-0.4, -0.2) is 31.4 Å². The second-order valence-corrected chi connectivity index (χ2v) is 10.0. The SMILES string of the molecule is COC(=O)C1=C(N)OC2=C(C(=O)CC(C)(C)C2)C1c1ccccc1OCC(=O)Nc1cccc(C(F)(F)F)c1. The molecule has 4 rings (SSSR count). The van der Waals surface area contributed by atoms with E-state index in [9.17, 15) is 27.6 Å². The van der Waals surface area contributed by atoms with Crippen molar-refractivity contribution in [2.24, 2.45) is 11.1 Å². The first-order chi connectivity index (χ1) is 18.3. The van der Waals surface area contributed by atoms with Crippen molar-refractivity contribution >= 4 is 23.3 Å². The fourth-order valence-corrected chi connectivity index (χ4v) is 4.77. The molecule has 3 N–H and O–H groups in total. The smallest absolute Gasteiger partial charge is 0.416 e. The van der Waals surface area contributed by atoms with Crippen molar-refractivity contribution in [1.29, 1.82) is 0 Å². The average molecular weight is 545 g/mol. The van der Waals surface area contributed by atoms with Crippen LogP contribution in [0.15, 0.2) is 71.3 Å². The number of para-hydroxylation sites is 1. The normalized spacial score (nSPS) is 18.7. The summed E-state index contributed by atoms with van der Waals surface area (Å²) in [6, 6.07) is 10.7. The van der Waals surface area contributed by atoms with Gasteiger partial charge in [0, 0.05) is 29.7 Å². The second kappa shape index (κ2) is 10.5. The molecule has 11 heteroatoms. The molecule has 0 saturated carbocycles. The topological polar surface area (TPSA) is 117 Å². The number of alkyl halides is 3. The number of hydrogen-bond acceptors (Lipinski definition) is 7.